The van der Waals surface area contributed by atoms with Gasteiger partial charge in [-0.1, -0.05) is 18.9 Å². The number of carbonyl (C=O) groups is 3. The molecule has 1 aliphatic carbocycles. The molecule has 20 heteroatoms. The number of nitrogens with one attached hydrogen (secondary N) is 2. The fourth-order valence-electron chi connectivity index (χ4n) is 6.26. The van der Waals surface area contributed by atoms with E-state index in [1.807, 2.05) is 0 Å². The third-order valence-corrected chi connectivity index (χ3v) is 9.61. The van der Waals surface area contributed by atoms with Gasteiger partial charge in [0.1, 0.15) is 30.0 Å². The van der Waals surface area contributed by atoms with E-state index in [9.17, 15) is 45.8 Å². The highest BCUT2D eigenvalue weighted by Crippen LogP contribution is 2.45. The molecule has 0 saturated heterocycles. The van der Waals surface area contributed by atoms with Gasteiger partial charge in [-0.25, -0.2) is 19.4 Å². The van der Waals surface area contributed by atoms with Gasteiger partial charge in [0.15, 0.2) is 11.6 Å². The Morgan fingerprint density at radius 1 is 1.02 bits per heavy atom. The molecule has 54 heavy (non-hydrogen) atoms. The molecule has 2 aromatic carbocycles. The van der Waals surface area contributed by atoms with Crippen molar-refractivity contribution in [1.29, 1.82) is 0 Å². The first-order valence-corrected chi connectivity index (χ1v) is 16.7. The highest BCUT2D eigenvalue weighted by molar-refractivity contribution is 7.96. The third-order valence-electron chi connectivity index (χ3n) is 9.22. The van der Waals surface area contributed by atoms with Crippen LogP contribution in [0, 0.1) is 11.6 Å². The van der Waals surface area contributed by atoms with Crippen molar-refractivity contribution in [2.75, 3.05) is 25.5 Å². The Balaban J connectivity index is 1.47. The van der Waals surface area contributed by atoms with E-state index in [4.69, 9.17) is 4.74 Å². The molecular weight excluding hydrogens is 756 g/mol. The number of amides is 2. The lowest BCUT2D eigenvalue weighted by Crippen LogP contribution is -2.62. The minimum absolute atomic E-state index is 0.0910. The molecule has 3 N–H and O–H groups in total. The number of aliphatic hydroxyl groups excluding tert-OH is 1. The summed E-state index contributed by atoms with van der Waals surface area (Å²) in [4.78, 5) is 45.9. The number of aliphatic hydroxyl groups is 1. The molecule has 0 radical (unpaired) electrons. The van der Waals surface area contributed by atoms with Crippen LogP contribution in [0.5, 0.6) is 5.75 Å². The number of hydrogen-bond donors (Lipinski definition) is 4. The molecule has 1 aromatic heterocycles. The summed E-state index contributed by atoms with van der Waals surface area (Å²) in [6.45, 7) is 0.833. The van der Waals surface area contributed by atoms with E-state index in [0.717, 1.165) is 23.2 Å². The van der Waals surface area contributed by atoms with Crippen LogP contribution in [0.1, 0.15) is 49.4 Å². The normalized spacial score (nSPS) is 16.9. The van der Waals surface area contributed by atoms with E-state index in [2.05, 4.69) is 33.2 Å². The van der Waals surface area contributed by atoms with Gasteiger partial charge in [0.25, 0.3) is 11.8 Å². The predicted molar refractivity (Wildman–Crippen MR) is 179 cm³/mol. The fraction of sp³-hybridized carbons (Fsp3) is 0.382. The zero-order valence-electron chi connectivity index (χ0n) is 28.4. The molecule has 1 aliphatic heterocycles. The molecule has 0 bridgehead atoms. The summed E-state index contributed by atoms with van der Waals surface area (Å²) < 4.78 is 117. The number of aromatic nitrogens is 2. The highest BCUT2D eigenvalue weighted by Gasteiger charge is 2.53. The molecule has 5 rings (SSSR count). The third kappa shape index (κ3) is 8.14. The van der Waals surface area contributed by atoms with Crippen LogP contribution in [-0.4, -0.2) is 73.8 Å². The Hall–Kier alpha value is -4.82. The van der Waals surface area contributed by atoms with Gasteiger partial charge in [0.05, 0.1) is 35.1 Å². The number of thiol groups is 1. The maximum absolute atomic E-state index is 15.4. The Labute approximate surface area is 307 Å². The summed E-state index contributed by atoms with van der Waals surface area (Å²) in [6.07, 6.45) is -8.02. The van der Waals surface area contributed by atoms with Crippen molar-refractivity contribution in [3.8, 4) is 17.0 Å². The second-order valence-corrected chi connectivity index (χ2v) is 13.0. The average Bonchev–Trinajstić information content (AvgIpc) is 3.61. The number of nitrogens with zero attached hydrogens (tertiary/aromatic N) is 4. The lowest BCUT2D eigenvalue weighted by Gasteiger charge is -2.48. The predicted octanol–water partition coefficient (Wildman–Crippen LogP) is 6.23. The summed E-state index contributed by atoms with van der Waals surface area (Å²) in [5, 5.41) is 18.3. The smallest absolute Gasteiger partial charge is 0.433 e. The summed E-state index contributed by atoms with van der Waals surface area (Å²) in [5.41, 5.74) is -7.14. The minimum atomic E-state index is -5.00. The molecule has 3 aromatic rings. The molecule has 2 heterocycles. The molecule has 11 nitrogen and oxygen atoms in total. The van der Waals surface area contributed by atoms with Crippen LogP contribution in [0.25, 0.3) is 11.3 Å². The SMILES string of the molecule is C[C@@H](NCCOc1ccc(CN2C(=O)C(C(=O)Nc3ccc(C(F)(F)F)cc3-c3cc(C(F)(F)F)ncn3)=C(O)C3(CCCC3)N2C)c(F)c1F)C(=O)S. The van der Waals surface area contributed by atoms with Gasteiger partial charge >= 0.3 is 12.4 Å². The van der Waals surface area contributed by atoms with Crippen LogP contribution in [0.4, 0.5) is 40.8 Å². The van der Waals surface area contributed by atoms with Crippen LogP contribution in [0.2, 0.25) is 0 Å². The van der Waals surface area contributed by atoms with Gasteiger partial charge in [-0.05, 0) is 50.1 Å². The average molecular weight is 789 g/mol. The Morgan fingerprint density at radius 3 is 2.33 bits per heavy atom. The lowest BCUT2D eigenvalue weighted by molar-refractivity contribution is -0.163. The first kappa shape index (κ1) is 40.4. The number of carbonyl (C=O) groups excluding carboxylic acids is 3. The van der Waals surface area contributed by atoms with Crippen LogP contribution in [0.15, 0.2) is 54.1 Å². The maximum Gasteiger partial charge on any atom is 0.433 e. The van der Waals surface area contributed by atoms with Crippen molar-refractivity contribution in [3.63, 3.8) is 0 Å². The van der Waals surface area contributed by atoms with E-state index in [-0.39, 0.29) is 31.6 Å². The molecular formula is C34H32F8N6O5S. The molecule has 2 aliphatic rings. The number of halogens is 8. The standard InChI is InChI=1S/C34H32F8N6O5S/c1-17(31(52)54)43-11-12-53-23-8-5-18(26(35)27(23)36)15-48-30(51)25(28(49)32(47(48)2)9-3-4-10-32)29(50)46-21-7-6-19(33(37,38)39)13-20(21)22-14-24(34(40,41)42)45-16-44-22/h5-8,13-14,16-17,43,49H,3-4,9-12,15H2,1-2H3,(H,46,50)(H,52,54)/t17-/m1/s1. The van der Waals surface area contributed by atoms with Gasteiger partial charge in [-0.2, -0.15) is 30.7 Å². The van der Waals surface area contributed by atoms with Crippen molar-refractivity contribution in [2.45, 2.75) is 63.1 Å². The number of likely N-dealkylation sites (N-methyl/N-ethyl adjacent to an activating group) is 1. The maximum atomic E-state index is 15.4. The number of anilines is 1. The molecule has 2 amide bonds. The van der Waals surface area contributed by atoms with Crippen LogP contribution in [-0.2, 0) is 33.3 Å². The second-order valence-electron chi connectivity index (χ2n) is 12.6. The topological polar surface area (TPSA) is 137 Å². The fourth-order valence-corrected chi connectivity index (χ4v) is 6.35. The van der Waals surface area contributed by atoms with Gasteiger partial charge < -0.3 is 20.5 Å². The number of alkyl halides is 6. The van der Waals surface area contributed by atoms with E-state index in [1.165, 1.54) is 12.1 Å². The monoisotopic (exact) mass is 788 g/mol. The number of ether oxygens (including phenoxy) is 1. The van der Waals surface area contributed by atoms with Crippen LogP contribution < -0.4 is 15.4 Å². The highest BCUT2D eigenvalue weighted by atomic mass is 32.1. The lowest BCUT2D eigenvalue weighted by atomic mass is 9.88. The van der Waals surface area contributed by atoms with Crippen molar-refractivity contribution >= 4 is 35.2 Å². The number of rotatable bonds is 11. The van der Waals surface area contributed by atoms with Crippen LogP contribution in [0.3, 0.4) is 0 Å². The Kier molecular flexibility index (Phi) is 11.6. The number of hydrazine groups is 1. The van der Waals surface area contributed by atoms with Gasteiger partial charge in [0.2, 0.25) is 10.9 Å². The molecule has 1 fully saturated rings. The second kappa shape index (κ2) is 15.5. The van der Waals surface area contributed by atoms with E-state index < -0.39 is 104 Å². The minimum Gasteiger partial charge on any atom is -0.509 e. The van der Waals surface area contributed by atoms with Gasteiger partial charge in [0, 0.05) is 24.7 Å². The molecule has 1 spiro atoms. The Bertz CT molecular complexity index is 1990. The van der Waals surface area contributed by atoms with Gasteiger partial charge in [-0.15, -0.1) is 12.6 Å². The summed E-state index contributed by atoms with van der Waals surface area (Å²) >= 11 is 3.69. The summed E-state index contributed by atoms with van der Waals surface area (Å²) in [5.74, 6) is -6.47. The first-order valence-electron chi connectivity index (χ1n) is 16.2. The van der Waals surface area contributed by atoms with Crippen LogP contribution >= 0.6 is 12.6 Å². The van der Waals surface area contributed by atoms with E-state index in [0.29, 0.717) is 37.4 Å². The molecule has 290 valence electrons. The van der Waals surface area contributed by atoms with Gasteiger partial charge in [-0.3, -0.25) is 19.4 Å². The number of benzene rings is 2. The van der Waals surface area contributed by atoms with Crippen molar-refractivity contribution in [2.24, 2.45) is 0 Å². The quantitative estimate of drug-likeness (QED) is 0.0773. The number of hydrogen-bond acceptors (Lipinski definition) is 9. The zero-order valence-corrected chi connectivity index (χ0v) is 29.3. The van der Waals surface area contributed by atoms with Crippen molar-refractivity contribution in [3.05, 3.63) is 82.5 Å². The summed E-state index contributed by atoms with van der Waals surface area (Å²) in [6, 6.07) is 3.78. The van der Waals surface area contributed by atoms with E-state index >= 15 is 8.78 Å². The Morgan fingerprint density at radius 2 is 1.70 bits per heavy atom. The van der Waals surface area contributed by atoms with E-state index in [1.54, 1.807) is 6.92 Å². The van der Waals surface area contributed by atoms with Crippen molar-refractivity contribution in [1.82, 2.24) is 25.3 Å². The largest absolute Gasteiger partial charge is 0.509 e. The molecule has 1 atom stereocenters. The first-order chi connectivity index (χ1) is 25.3. The molecule has 0 unspecified atom stereocenters. The van der Waals surface area contributed by atoms with Crippen molar-refractivity contribution < 1.29 is 59.4 Å². The summed E-state index contributed by atoms with van der Waals surface area (Å²) in [7, 11) is 1.41. The zero-order chi connectivity index (χ0) is 39.7. The molecule has 1 saturated carbocycles.